The largest absolute Gasteiger partial charge is 0.389 e. The Bertz CT molecular complexity index is 507. The molecule has 3 saturated heterocycles. The lowest BCUT2D eigenvalue weighted by Crippen LogP contribution is -2.56. The molecule has 7 nitrogen and oxygen atoms in total. The monoisotopic (exact) mass is 381 g/mol. The van der Waals surface area contributed by atoms with Crippen LogP contribution in [0.4, 0.5) is 0 Å². The molecule has 0 spiro atoms. The number of rotatable bonds is 4. The second kappa shape index (κ2) is 8.74. The van der Waals surface area contributed by atoms with Gasteiger partial charge in [-0.1, -0.05) is 0 Å². The summed E-state index contributed by atoms with van der Waals surface area (Å²) in [4.78, 5) is 19.4. The van der Waals surface area contributed by atoms with Gasteiger partial charge in [-0.25, -0.2) is 0 Å². The molecule has 1 saturated carbocycles. The number of piperazine rings is 1. The molecule has 27 heavy (non-hydrogen) atoms. The number of aliphatic hydroxyl groups excluding tert-OH is 1. The van der Waals surface area contributed by atoms with E-state index in [0.717, 1.165) is 51.5 Å². The molecule has 1 N–H and O–H groups in total. The summed E-state index contributed by atoms with van der Waals surface area (Å²) < 4.78 is 12.1. The van der Waals surface area contributed by atoms with Gasteiger partial charge in [0.05, 0.1) is 37.9 Å². The predicted molar refractivity (Wildman–Crippen MR) is 101 cm³/mol. The van der Waals surface area contributed by atoms with Gasteiger partial charge in [0.2, 0.25) is 5.91 Å². The molecule has 0 aromatic rings. The molecule has 3 aliphatic heterocycles. The van der Waals surface area contributed by atoms with E-state index in [1.165, 1.54) is 12.8 Å². The first-order valence-electron chi connectivity index (χ1n) is 10.7. The highest BCUT2D eigenvalue weighted by Crippen LogP contribution is 2.34. The molecule has 4 fully saturated rings. The van der Waals surface area contributed by atoms with Gasteiger partial charge in [-0.3, -0.25) is 9.69 Å². The molecule has 0 aromatic heterocycles. The van der Waals surface area contributed by atoms with E-state index in [4.69, 9.17) is 9.47 Å². The second-order valence-electron chi connectivity index (χ2n) is 8.92. The maximum Gasteiger partial charge on any atom is 0.225 e. The third-order valence-electron chi connectivity index (χ3n) is 6.54. The molecule has 4 aliphatic rings. The maximum atomic E-state index is 12.7. The molecule has 0 unspecified atom stereocenters. The van der Waals surface area contributed by atoms with Gasteiger partial charge in [-0.05, 0) is 38.6 Å². The van der Waals surface area contributed by atoms with Gasteiger partial charge in [0.25, 0.3) is 0 Å². The lowest BCUT2D eigenvalue weighted by Gasteiger charge is -2.45. The topological polar surface area (TPSA) is 65.5 Å². The van der Waals surface area contributed by atoms with Gasteiger partial charge >= 0.3 is 0 Å². The molecule has 1 amide bonds. The van der Waals surface area contributed by atoms with E-state index < -0.39 is 6.10 Å². The van der Waals surface area contributed by atoms with E-state index in [1.54, 1.807) is 0 Å². The summed E-state index contributed by atoms with van der Waals surface area (Å²) in [5, 5.41) is 10.2. The Morgan fingerprint density at radius 1 is 1.07 bits per heavy atom. The number of aliphatic hydroxyl groups is 1. The smallest absolute Gasteiger partial charge is 0.225 e. The highest BCUT2D eigenvalue weighted by molar-refractivity contribution is 5.76. The predicted octanol–water partition coefficient (Wildman–Crippen LogP) is 0.170. The number of carbonyl (C=O) groups is 1. The van der Waals surface area contributed by atoms with Crippen molar-refractivity contribution in [3.8, 4) is 0 Å². The summed E-state index contributed by atoms with van der Waals surface area (Å²) in [6.07, 6.45) is 4.63. The van der Waals surface area contributed by atoms with Crippen molar-refractivity contribution in [2.45, 2.75) is 56.5 Å². The first-order chi connectivity index (χ1) is 13.1. The van der Waals surface area contributed by atoms with Crippen molar-refractivity contribution in [3.63, 3.8) is 0 Å². The van der Waals surface area contributed by atoms with E-state index in [0.29, 0.717) is 32.2 Å². The van der Waals surface area contributed by atoms with Crippen molar-refractivity contribution in [3.05, 3.63) is 0 Å². The third kappa shape index (κ3) is 5.21. The van der Waals surface area contributed by atoms with Crippen molar-refractivity contribution in [1.29, 1.82) is 0 Å². The highest BCUT2D eigenvalue weighted by Gasteiger charge is 2.40. The zero-order chi connectivity index (χ0) is 18.8. The molecule has 0 bridgehead atoms. The number of nitrogens with zero attached hydrogens (tertiary/aromatic N) is 3. The fourth-order valence-corrected chi connectivity index (χ4v) is 4.67. The minimum absolute atomic E-state index is 0.00543. The average molecular weight is 382 g/mol. The zero-order valence-electron chi connectivity index (χ0n) is 16.6. The Morgan fingerprint density at radius 3 is 2.59 bits per heavy atom. The normalized spacial score (nSPS) is 36.7. The number of likely N-dealkylation sites (N-methyl/N-ethyl adjacent to an activating group) is 1. The standard InChI is InChI=1S/C20H35N3O4/c1-21-6-8-22(9-7-21)20(25)10-17-4-5-18-19(27-17)14-26-13-16(24)12-23(18)11-15-2-3-15/h15-19,24H,2-14H2,1H3/t16-,17-,18-,19+/m0/s1. The summed E-state index contributed by atoms with van der Waals surface area (Å²) in [7, 11) is 2.10. The molecule has 7 heteroatoms. The fraction of sp³-hybridized carbons (Fsp3) is 0.950. The molecule has 1 aliphatic carbocycles. The number of carbonyl (C=O) groups excluding carboxylic acids is 1. The zero-order valence-corrected chi connectivity index (χ0v) is 16.6. The van der Waals surface area contributed by atoms with Crippen LogP contribution in [0.25, 0.3) is 0 Å². The van der Waals surface area contributed by atoms with Gasteiger partial charge < -0.3 is 24.4 Å². The van der Waals surface area contributed by atoms with Crippen molar-refractivity contribution in [1.82, 2.24) is 14.7 Å². The van der Waals surface area contributed by atoms with Crippen molar-refractivity contribution < 1.29 is 19.4 Å². The lowest BCUT2D eigenvalue weighted by molar-refractivity contribution is -0.161. The highest BCUT2D eigenvalue weighted by atomic mass is 16.5. The molecular formula is C20H35N3O4. The average Bonchev–Trinajstić information content (AvgIpc) is 3.45. The van der Waals surface area contributed by atoms with Crippen LogP contribution in [0.2, 0.25) is 0 Å². The van der Waals surface area contributed by atoms with Gasteiger partial charge in [-0.2, -0.15) is 0 Å². The molecule has 4 atom stereocenters. The number of hydrogen-bond acceptors (Lipinski definition) is 6. The first kappa shape index (κ1) is 19.6. The molecule has 4 rings (SSSR count). The quantitative estimate of drug-likeness (QED) is 0.749. The van der Waals surface area contributed by atoms with E-state index in [2.05, 4.69) is 16.8 Å². The summed E-state index contributed by atoms with van der Waals surface area (Å²) in [5.41, 5.74) is 0. The van der Waals surface area contributed by atoms with Crippen LogP contribution in [-0.2, 0) is 14.3 Å². The van der Waals surface area contributed by atoms with Crippen molar-refractivity contribution >= 4 is 5.91 Å². The SMILES string of the molecule is CN1CCN(C(=O)C[C@@H]2CC[C@H]3[C@@H](COC[C@@H](O)CN3CC3CC3)O2)CC1. The Balaban J connectivity index is 1.32. The van der Waals surface area contributed by atoms with E-state index in [9.17, 15) is 9.90 Å². The van der Waals surface area contributed by atoms with Crippen LogP contribution in [0.5, 0.6) is 0 Å². The second-order valence-corrected chi connectivity index (χ2v) is 8.92. The number of fused-ring (bicyclic) bond motifs is 1. The maximum absolute atomic E-state index is 12.7. The Kier molecular flexibility index (Phi) is 6.34. The molecule has 3 heterocycles. The lowest BCUT2D eigenvalue weighted by atomic mass is 9.94. The van der Waals surface area contributed by atoms with Crippen LogP contribution >= 0.6 is 0 Å². The molecule has 0 radical (unpaired) electrons. The summed E-state index contributed by atoms with van der Waals surface area (Å²) in [5.74, 6) is 1.01. The van der Waals surface area contributed by atoms with Gasteiger partial charge in [0, 0.05) is 45.3 Å². The van der Waals surface area contributed by atoms with Crippen LogP contribution < -0.4 is 0 Å². The summed E-state index contributed by atoms with van der Waals surface area (Å²) >= 11 is 0. The van der Waals surface area contributed by atoms with Crippen LogP contribution in [0, 0.1) is 5.92 Å². The number of ether oxygens (including phenoxy) is 2. The minimum Gasteiger partial charge on any atom is -0.389 e. The minimum atomic E-state index is -0.416. The van der Waals surface area contributed by atoms with E-state index in [-0.39, 0.29) is 18.1 Å². The van der Waals surface area contributed by atoms with E-state index in [1.807, 2.05) is 4.90 Å². The molecule has 154 valence electrons. The Hall–Kier alpha value is -0.730. The Morgan fingerprint density at radius 2 is 1.85 bits per heavy atom. The fourth-order valence-electron chi connectivity index (χ4n) is 4.67. The molecular weight excluding hydrogens is 346 g/mol. The van der Waals surface area contributed by atoms with Gasteiger partial charge in [-0.15, -0.1) is 0 Å². The van der Waals surface area contributed by atoms with Crippen molar-refractivity contribution in [2.75, 3.05) is 59.5 Å². The van der Waals surface area contributed by atoms with Crippen LogP contribution in [0.3, 0.4) is 0 Å². The molecule has 0 aromatic carbocycles. The van der Waals surface area contributed by atoms with Crippen LogP contribution in [0.15, 0.2) is 0 Å². The third-order valence-corrected chi connectivity index (χ3v) is 6.54. The van der Waals surface area contributed by atoms with Crippen LogP contribution in [0.1, 0.15) is 32.1 Å². The first-order valence-corrected chi connectivity index (χ1v) is 10.7. The Labute approximate surface area is 162 Å². The van der Waals surface area contributed by atoms with Crippen molar-refractivity contribution in [2.24, 2.45) is 5.92 Å². The number of hydrogen-bond donors (Lipinski definition) is 1. The number of amides is 1. The van der Waals surface area contributed by atoms with Crippen LogP contribution in [-0.4, -0.2) is 110 Å². The van der Waals surface area contributed by atoms with Gasteiger partial charge in [0.1, 0.15) is 0 Å². The summed E-state index contributed by atoms with van der Waals surface area (Å²) in [6, 6.07) is 0.301. The van der Waals surface area contributed by atoms with Gasteiger partial charge in [0.15, 0.2) is 0 Å². The number of β-amino-alcohol motifs (C(OH)–C–C–N with tert-alkyl or cyclic N) is 1. The summed E-state index contributed by atoms with van der Waals surface area (Å²) in [6.45, 7) is 6.18. The van der Waals surface area contributed by atoms with E-state index >= 15 is 0 Å².